The van der Waals surface area contributed by atoms with E-state index in [4.69, 9.17) is 18.6 Å². The maximum Gasteiger partial charge on any atom is 0.331 e. The summed E-state index contributed by atoms with van der Waals surface area (Å²) in [5, 5.41) is 3.99. The molecular formula is C21H18ClFN6O3S. The van der Waals surface area contributed by atoms with E-state index in [0.29, 0.717) is 29.8 Å². The number of benzene rings is 1. The Morgan fingerprint density at radius 3 is 2.58 bits per heavy atom. The van der Waals surface area contributed by atoms with Gasteiger partial charge in [0.05, 0.1) is 17.6 Å². The van der Waals surface area contributed by atoms with Crippen molar-refractivity contribution in [3.05, 3.63) is 77.2 Å². The van der Waals surface area contributed by atoms with Gasteiger partial charge in [-0.15, -0.1) is 0 Å². The van der Waals surface area contributed by atoms with Crippen molar-refractivity contribution in [2.24, 2.45) is 0 Å². The van der Waals surface area contributed by atoms with E-state index in [0.717, 1.165) is 22.8 Å². The number of hydrogen-bond acceptors (Lipinski definition) is 5. The van der Waals surface area contributed by atoms with Crippen LogP contribution in [0, 0.1) is 12.9 Å². The Kier molecular flexibility index (Phi) is 5.34. The molecule has 170 valence electrons. The number of nitrogens with zero attached hydrogens (tertiary/aromatic N) is 6. The highest BCUT2D eigenvalue weighted by molar-refractivity contribution is 7.89. The number of imidazole rings is 1. The average molecular weight is 489 g/mol. The Balaban J connectivity index is 1.45. The molecule has 12 heteroatoms. The number of pyridine rings is 1. The molecule has 0 bridgehead atoms. The maximum atomic E-state index is 13.4. The molecule has 5 rings (SSSR count). The average Bonchev–Trinajstić information content (AvgIpc) is 3.41. The molecule has 0 N–H and O–H groups in total. The molecule has 4 heterocycles. The lowest BCUT2D eigenvalue weighted by atomic mass is 10.1. The van der Waals surface area contributed by atoms with Crippen LogP contribution in [0.25, 0.3) is 17.0 Å². The van der Waals surface area contributed by atoms with Crippen LogP contribution >= 0.6 is 11.6 Å². The Morgan fingerprint density at radius 2 is 1.91 bits per heavy atom. The maximum absolute atomic E-state index is 13.4. The Bertz CT molecular complexity index is 1510. The highest BCUT2D eigenvalue weighted by Crippen LogP contribution is 2.31. The van der Waals surface area contributed by atoms with E-state index in [2.05, 4.69) is 10.1 Å². The summed E-state index contributed by atoms with van der Waals surface area (Å²) in [5.74, 6) is -0.0880. The van der Waals surface area contributed by atoms with Crippen molar-refractivity contribution in [1.82, 2.24) is 28.2 Å². The van der Waals surface area contributed by atoms with Crippen LogP contribution < -0.4 is 5.69 Å². The van der Waals surface area contributed by atoms with Gasteiger partial charge in [0.15, 0.2) is 11.5 Å². The monoisotopic (exact) mass is 488 g/mol. The smallest absolute Gasteiger partial charge is 0.283 e. The van der Waals surface area contributed by atoms with Gasteiger partial charge in [-0.05, 0) is 49.2 Å². The van der Waals surface area contributed by atoms with Crippen molar-refractivity contribution in [1.29, 1.82) is 0 Å². The van der Waals surface area contributed by atoms with Crippen LogP contribution in [0.3, 0.4) is 0 Å². The van der Waals surface area contributed by atoms with Gasteiger partial charge in [-0.3, -0.25) is 9.13 Å². The lowest BCUT2D eigenvalue weighted by Crippen LogP contribution is -2.41. The summed E-state index contributed by atoms with van der Waals surface area (Å²) in [6, 6.07) is 8.06. The second kappa shape index (κ2) is 8.08. The van der Waals surface area contributed by atoms with Crippen molar-refractivity contribution in [2.75, 3.05) is 13.1 Å². The minimum absolute atomic E-state index is 0.148. The molecule has 0 amide bonds. The number of piperidine rings is 1. The fourth-order valence-corrected chi connectivity index (χ4v) is 6.11. The van der Waals surface area contributed by atoms with E-state index in [-0.39, 0.29) is 29.0 Å². The van der Waals surface area contributed by atoms with E-state index in [9.17, 15) is 17.6 Å². The van der Waals surface area contributed by atoms with Crippen molar-refractivity contribution >= 4 is 32.8 Å². The normalized spacial score (nSPS) is 16.0. The summed E-state index contributed by atoms with van der Waals surface area (Å²) >= 11 is 5.98. The van der Waals surface area contributed by atoms with Crippen LogP contribution in [0.4, 0.5) is 4.39 Å². The van der Waals surface area contributed by atoms with Crippen molar-refractivity contribution in [2.45, 2.75) is 23.8 Å². The van der Waals surface area contributed by atoms with Gasteiger partial charge in [0, 0.05) is 31.5 Å². The van der Waals surface area contributed by atoms with Crippen LogP contribution in [-0.4, -0.2) is 49.7 Å². The highest BCUT2D eigenvalue weighted by Gasteiger charge is 2.33. The molecule has 0 atom stereocenters. The van der Waals surface area contributed by atoms with Gasteiger partial charge in [0.1, 0.15) is 10.7 Å². The second-order valence-electron chi connectivity index (χ2n) is 7.70. The SMILES string of the molecule is [CH]n1c(=O)n(C2CCN(S(=O)(=O)c3ccc(F)cc3Cl)CC2)c2nc(-n3cccn3)ccc21. The predicted molar refractivity (Wildman–Crippen MR) is 119 cm³/mol. The summed E-state index contributed by atoms with van der Waals surface area (Å²) < 4.78 is 44.8. The number of sulfonamides is 1. The van der Waals surface area contributed by atoms with E-state index in [1.54, 1.807) is 35.3 Å². The molecule has 0 spiro atoms. The van der Waals surface area contributed by atoms with E-state index >= 15 is 0 Å². The number of halogens is 2. The molecular weight excluding hydrogens is 471 g/mol. The third-order valence-electron chi connectivity index (χ3n) is 5.78. The van der Waals surface area contributed by atoms with Gasteiger partial charge in [-0.2, -0.15) is 9.40 Å². The van der Waals surface area contributed by atoms with E-state index < -0.39 is 21.5 Å². The van der Waals surface area contributed by atoms with Crippen molar-refractivity contribution < 1.29 is 12.8 Å². The molecule has 1 aliphatic rings. The first kappa shape index (κ1) is 21.8. The summed E-state index contributed by atoms with van der Waals surface area (Å²) in [7, 11) is 2.08. The molecule has 0 unspecified atom stereocenters. The molecule has 2 radical (unpaired) electrons. The van der Waals surface area contributed by atoms with Crippen LogP contribution in [0.15, 0.2) is 58.5 Å². The van der Waals surface area contributed by atoms with Crippen molar-refractivity contribution in [3.63, 3.8) is 0 Å². The van der Waals surface area contributed by atoms with Gasteiger partial charge >= 0.3 is 5.69 Å². The quantitative estimate of drug-likeness (QED) is 0.440. The molecule has 4 aromatic rings. The highest BCUT2D eigenvalue weighted by atomic mass is 35.5. The molecule has 3 aromatic heterocycles. The number of rotatable bonds is 4. The van der Waals surface area contributed by atoms with Crippen molar-refractivity contribution in [3.8, 4) is 5.82 Å². The lowest BCUT2D eigenvalue weighted by molar-refractivity contribution is 0.273. The number of fused-ring (bicyclic) bond motifs is 1. The molecule has 0 aliphatic carbocycles. The number of aromatic nitrogens is 5. The van der Waals surface area contributed by atoms with Gasteiger partial charge < -0.3 is 0 Å². The third-order valence-corrected chi connectivity index (χ3v) is 8.16. The first-order chi connectivity index (χ1) is 15.8. The molecule has 1 fully saturated rings. The summed E-state index contributed by atoms with van der Waals surface area (Å²) in [5.41, 5.74) is 0.431. The molecule has 1 aromatic carbocycles. The van der Waals surface area contributed by atoms with Crippen LogP contribution in [0.1, 0.15) is 18.9 Å². The Hall–Kier alpha value is -3.02. The van der Waals surface area contributed by atoms with E-state index in [1.807, 2.05) is 0 Å². The standard InChI is InChI=1S/C21H18ClFN6O3S/c1-26-17-4-6-19(28-10-2-9-24-28)25-20(17)29(21(26)30)15-7-11-27(12-8-15)33(31,32)18-5-3-14(23)13-16(18)22/h1-6,9-10,13,15H,7-8,11-12H2. The Morgan fingerprint density at radius 1 is 1.15 bits per heavy atom. The van der Waals surface area contributed by atoms with Gasteiger partial charge in [-0.25, -0.2) is 27.3 Å². The first-order valence-corrected chi connectivity index (χ1v) is 11.9. The van der Waals surface area contributed by atoms with Crippen LogP contribution in [0.5, 0.6) is 0 Å². The fraction of sp³-hybridized carbons (Fsp3) is 0.238. The lowest BCUT2D eigenvalue weighted by Gasteiger charge is -2.31. The molecule has 33 heavy (non-hydrogen) atoms. The minimum atomic E-state index is -3.91. The number of hydrogen-bond donors (Lipinski definition) is 0. The topological polar surface area (TPSA) is 95.0 Å². The largest absolute Gasteiger partial charge is 0.331 e. The Labute approximate surface area is 193 Å². The third kappa shape index (κ3) is 3.65. The molecule has 1 aliphatic heterocycles. The first-order valence-electron chi connectivity index (χ1n) is 10.1. The van der Waals surface area contributed by atoms with Crippen LogP contribution in [0.2, 0.25) is 5.02 Å². The zero-order valence-corrected chi connectivity index (χ0v) is 18.7. The predicted octanol–water partition coefficient (Wildman–Crippen LogP) is 2.72. The summed E-state index contributed by atoms with van der Waals surface area (Å²) in [4.78, 5) is 17.4. The molecule has 0 saturated carbocycles. The zero-order chi connectivity index (χ0) is 23.3. The van der Waals surface area contributed by atoms with Gasteiger partial charge in [0.25, 0.3) is 0 Å². The minimum Gasteiger partial charge on any atom is -0.283 e. The zero-order valence-electron chi connectivity index (χ0n) is 17.2. The van der Waals surface area contributed by atoms with E-state index in [1.165, 1.54) is 8.87 Å². The second-order valence-corrected chi connectivity index (χ2v) is 10.0. The molecule has 1 saturated heterocycles. The molecule has 9 nitrogen and oxygen atoms in total. The van der Waals surface area contributed by atoms with Gasteiger partial charge in [0.2, 0.25) is 10.0 Å². The fourth-order valence-electron chi connectivity index (χ4n) is 4.13. The summed E-state index contributed by atoms with van der Waals surface area (Å²) in [6.07, 6.45) is 4.09. The summed E-state index contributed by atoms with van der Waals surface area (Å²) in [6.45, 7) is 0.312. The van der Waals surface area contributed by atoms with Crippen LogP contribution in [-0.2, 0) is 10.0 Å². The van der Waals surface area contributed by atoms with Gasteiger partial charge in [-0.1, -0.05) is 11.6 Å².